The Morgan fingerprint density at radius 1 is 1.28 bits per heavy atom. The van der Waals surface area contributed by atoms with Gasteiger partial charge >= 0.3 is 6.18 Å². The van der Waals surface area contributed by atoms with Crippen LogP contribution in [0, 0.1) is 5.92 Å². The molecule has 0 amide bonds. The van der Waals surface area contributed by atoms with Gasteiger partial charge in [0.1, 0.15) is 0 Å². The third-order valence-corrected chi connectivity index (χ3v) is 5.08. The molecule has 1 N–H and O–H groups in total. The van der Waals surface area contributed by atoms with E-state index in [0.717, 1.165) is 30.9 Å². The summed E-state index contributed by atoms with van der Waals surface area (Å²) < 4.78 is 48.2. The molecule has 1 unspecified atom stereocenters. The van der Waals surface area contributed by atoms with E-state index in [9.17, 15) is 13.2 Å². The second-order valence-electron chi connectivity index (χ2n) is 7.29. The first-order valence-electron chi connectivity index (χ1n) is 9.67. The summed E-state index contributed by atoms with van der Waals surface area (Å²) in [7, 11) is 6.87. The maximum Gasteiger partial charge on any atom is 0.401 e. The van der Waals surface area contributed by atoms with Crippen LogP contribution in [0.3, 0.4) is 0 Å². The van der Waals surface area contributed by atoms with Gasteiger partial charge in [-0.25, -0.2) is 0 Å². The molecular formula is C20H31F3N4O2. The van der Waals surface area contributed by atoms with Gasteiger partial charge < -0.3 is 19.7 Å². The van der Waals surface area contributed by atoms with Gasteiger partial charge in [-0.05, 0) is 43.0 Å². The van der Waals surface area contributed by atoms with Crippen LogP contribution in [-0.2, 0) is 6.42 Å². The molecule has 0 saturated carbocycles. The maximum atomic E-state index is 12.5. The number of nitrogens with one attached hydrogen (secondary N) is 1. The first-order chi connectivity index (χ1) is 13.8. The number of guanidine groups is 1. The lowest BCUT2D eigenvalue weighted by Crippen LogP contribution is -2.42. The number of likely N-dealkylation sites (tertiary alicyclic amines) is 1. The summed E-state index contributed by atoms with van der Waals surface area (Å²) in [5.74, 6) is 2.31. The molecule has 29 heavy (non-hydrogen) atoms. The molecular weight excluding hydrogens is 385 g/mol. The molecule has 1 heterocycles. The van der Waals surface area contributed by atoms with Crippen molar-refractivity contribution in [1.29, 1.82) is 0 Å². The SMILES string of the molecule is CN=C(NCC1CCN(CC(F)(F)F)C1)N(C)CCc1ccc(OC)c(OC)c1. The van der Waals surface area contributed by atoms with E-state index in [4.69, 9.17) is 9.47 Å². The maximum absolute atomic E-state index is 12.5. The number of ether oxygens (including phenoxy) is 2. The van der Waals surface area contributed by atoms with E-state index in [-0.39, 0.29) is 5.92 Å². The van der Waals surface area contributed by atoms with Gasteiger partial charge in [0.2, 0.25) is 0 Å². The Bertz CT molecular complexity index is 682. The van der Waals surface area contributed by atoms with Crippen molar-refractivity contribution in [3.63, 3.8) is 0 Å². The summed E-state index contributed by atoms with van der Waals surface area (Å²) in [6.07, 6.45) is -2.58. The zero-order chi connectivity index (χ0) is 21.4. The molecule has 9 heteroatoms. The van der Waals surface area contributed by atoms with E-state index in [2.05, 4.69) is 10.3 Å². The van der Waals surface area contributed by atoms with Gasteiger partial charge in [0.15, 0.2) is 17.5 Å². The number of methoxy groups -OCH3 is 2. The molecule has 0 bridgehead atoms. The Balaban J connectivity index is 1.80. The Hall–Kier alpha value is -2.16. The summed E-state index contributed by atoms with van der Waals surface area (Å²) in [6, 6.07) is 5.84. The van der Waals surface area contributed by atoms with Crippen LogP contribution in [-0.4, -0.2) is 83.0 Å². The van der Waals surface area contributed by atoms with E-state index in [1.165, 1.54) is 4.90 Å². The van der Waals surface area contributed by atoms with Crippen molar-refractivity contribution in [1.82, 2.24) is 15.1 Å². The third kappa shape index (κ3) is 7.30. The molecule has 1 aliphatic rings. The number of rotatable bonds is 8. The second-order valence-corrected chi connectivity index (χ2v) is 7.29. The molecule has 1 aromatic rings. The highest BCUT2D eigenvalue weighted by atomic mass is 19.4. The van der Waals surface area contributed by atoms with Crippen LogP contribution in [0.4, 0.5) is 13.2 Å². The van der Waals surface area contributed by atoms with Crippen LogP contribution in [0.15, 0.2) is 23.2 Å². The highest BCUT2D eigenvalue weighted by molar-refractivity contribution is 5.79. The predicted molar refractivity (Wildman–Crippen MR) is 108 cm³/mol. The largest absolute Gasteiger partial charge is 0.493 e. The van der Waals surface area contributed by atoms with E-state index in [1.54, 1.807) is 21.3 Å². The van der Waals surface area contributed by atoms with E-state index in [1.807, 2.05) is 30.1 Å². The topological polar surface area (TPSA) is 49.3 Å². The van der Waals surface area contributed by atoms with Gasteiger partial charge in [0.05, 0.1) is 20.8 Å². The molecule has 1 saturated heterocycles. The number of benzene rings is 1. The van der Waals surface area contributed by atoms with E-state index < -0.39 is 12.7 Å². The molecule has 1 fully saturated rings. The van der Waals surface area contributed by atoms with Gasteiger partial charge in [-0.2, -0.15) is 13.2 Å². The minimum absolute atomic E-state index is 0.188. The number of halogens is 3. The fourth-order valence-corrected chi connectivity index (χ4v) is 3.54. The van der Waals surface area contributed by atoms with Gasteiger partial charge in [-0.3, -0.25) is 9.89 Å². The lowest BCUT2D eigenvalue weighted by atomic mass is 10.1. The Labute approximate surface area is 170 Å². The number of alkyl halides is 3. The van der Waals surface area contributed by atoms with Crippen LogP contribution in [0.1, 0.15) is 12.0 Å². The van der Waals surface area contributed by atoms with Gasteiger partial charge in [-0.15, -0.1) is 0 Å². The summed E-state index contributed by atoms with van der Waals surface area (Å²) in [5.41, 5.74) is 1.11. The first kappa shape index (κ1) is 23.1. The van der Waals surface area contributed by atoms with Gasteiger partial charge in [-0.1, -0.05) is 6.07 Å². The van der Waals surface area contributed by atoms with Crippen molar-refractivity contribution in [2.24, 2.45) is 10.9 Å². The van der Waals surface area contributed by atoms with Crippen molar-refractivity contribution < 1.29 is 22.6 Å². The Morgan fingerprint density at radius 3 is 2.62 bits per heavy atom. The van der Waals surface area contributed by atoms with Crippen LogP contribution in [0.5, 0.6) is 11.5 Å². The van der Waals surface area contributed by atoms with Crippen LogP contribution < -0.4 is 14.8 Å². The predicted octanol–water partition coefficient (Wildman–Crippen LogP) is 2.64. The highest BCUT2D eigenvalue weighted by Crippen LogP contribution is 2.27. The Morgan fingerprint density at radius 2 is 2.00 bits per heavy atom. The number of aliphatic imine (C=N–C) groups is 1. The van der Waals surface area contributed by atoms with Crippen LogP contribution >= 0.6 is 0 Å². The zero-order valence-corrected chi connectivity index (χ0v) is 17.6. The lowest BCUT2D eigenvalue weighted by Gasteiger charge is -2.24. The Kier molecular flexibility index (Phi) is 8.43. The number of hydrogen-bond acceptors (Lipinski definition) is 4. The molecule has 0 spiro atoms. The second kappa shape index (κ2) is 10.6. The molecule has 2 rings (SSSR count). The van der Waals surface area contributed by atoms with Gasteiger partial charge in [0.25, 0.3) is 0 Å². The van der Waals surface area contributed by atoms with E-state index >= 15 is 0 Å². The fraction of sp³-hybridized carbons (Fsp3) is 0.650. The minimum Gasteiger partial charge on any atom is -0.493 e. The monoisotopic (exact) mass is 416 g/mol. The smallest absolute Gasteiger partial charge is 0.401 e. The molecule has 6 nitrogen and oxygen atoms in total. The molecule has 0 aliphatic carbocycles. The van der Waals surface area contributed by atoms with Crippen molar-refractivity contribution >= 4 is 5.96 Å². The standard InChI is InChI=1S/C20H31F3N4O2/c1-24-19(25-12-16-8-10-27(13-16)14-20(21,22)23)26(2)9-7-15-5-6-17(28-3)18(11-15)29-4/h5-6,11,16H,7-10,12-14H2,1-4H3,(H,24,25). The summed E-state index contributed by atoms with van der Waals surface area (Å²) in [6.45, 7) is 1.46. The number of nitrogens with zero attached hydrogens (tertiary/aromatic N) is 3. The molecule has 1 aromatic carbocycles. The van der Waals surface area contributed by atoms with Crippen molar-refractivity contribution in [3.8, 4) is 11.5 Å². The van der Waals surface area contributed by atoms with Crippen molar-refractivity contribution in [3.05, 3.63) is 23.8 Å². The minimum atomic E-state index is -4.14. The fourth-order valence-electron chi connectivity index (χ4n) is 3.54. The molecule has 1 atom stereocenters. The zero-order valence-electron chi connectivity index (χ0n) is 17.6. The van der Waals surface area contributed by atoms with Crippen LogP contribution in [0.25, 0.3) is 0 Å². The average molecular weight is 416 g/mol. The third-order valence-electron chi connectivity index (χ3n) is 5.08. The first-order valence-corrected chi connectivity index (χ1v) is 9.67. The highest BCUT2D eigenvalue weighted by Gasteiger charge is 2.34. The molecule has 0 radical (unpaired) electrons. The van der Waals surface area contributed by atoms with Crippen LogP contribution in [0.2, 0.25) is 0 Å². The normalized spacial score (nSPS) is 18.0. The lowest BCUT2D eigenvalue weighted by molar-refractivity contribution is -0.143. The van der Waals surface area contributed by atoms with Crippen molar-refractivity contribution in [2.45, 2.75) is 19.0 Å². The van der Waals surface area contributed by atoms with Gasteiger partial charge in [0, 0.05) is 33.7 Å². The quantitative estimate of drug-likeness (QED) is 0.522. The summed E-state index contributed by atoms with van der Waals surface area (Å²) >= 11 is 0. The number of hydrogen-bond donors (Lipinski definition) is 1. The summed E-state index contributed by atoms with van der Waals surface area (Å²) in [4.78, 5) is 7.78. The average Bonchev–Trinajstić information content (AvgIpc) is 3.11. The van der Waals surface area contributed by atoms with Crippen molar-refractivity contribution in [2.75, 3.05) is 61.0 Å². The van der Waals surface area contributed by atoms with E-state index in [0.29, 0.717) is 31.1 Å². The summed E-state index contributed by atoms with van der Waals surface area (Å²) in [5, 5.41) is 3.29. The molecule has 1 aliphatic heterocycles. The molecule has 0 aromatic heterocycles. The number of likely N-dealkylation sites (N-methyl/N-ethyl adjacent to an activating group) is 1. The molecule has 164 valence electrons.